The van der Waals surface area contributed by atoms with Crippen LogP contribution in [0.1, 0.15) is 30.8 Å². The Bertz CT molecular complexity index is 874. The van der Waals surface area contributed by atoms with Gasteiger partial charge in [0.2, 0.25) is 0 Å². The molecule has 6 heteroatoms. The van der Waals surface area contributed by atoms with Gasteiger partial charge in [0.15, 0.2) is 0 Å². The predicted octanol–water partition coefficient (Wildman–Crippen LogP) is 4.16. The Labute approximate surface area is 159 Å². The normalized spacial score (nSPS) is 18.8. The fraction of sp³-hybridized carbons (Fsp3) is 0.400. The smallest absolute Gasteiger partial charge is 0.126 e. The van der Waals surface area contributed by atoms with Gasteiger partial charge in [-0.1, -0.05) is 17.7 Å². The minimum absolute atomic E-state index is 0.453. The van der Waals surface area contributed by atoms with Gasteiger partial charge in [-0.2, -0.15) is 0 Å². The molecule has 1 aliphatic heterocycles. The summed E-state index contributed by atoms with van der Waals surface area (Å²) in [6.45, 7) is 5.15. The molecular formula is C20H24ClN5. The first-order chi connectivity index (χ1) is 12.7. The summed E-state index contributed by atoms with van der Waals surface area (Å²) in [5.41, 5.74) is 2.39. The molecule has 26 heavy (non-hydrogen) atoms. The lowest BCUT2D eigenvalue weighted by molar-refractivity contribution is 0.274. The molecule has 5 nitrogen and oxygen atoms in total. The second kappa shape index (κ2) is 7.64. The van der Waals surface area contributed by atoms with Crippen molar-refractivity contribution < 1.29 is 0 Å². The molecule has 3 aromatic heterocycles. The maximum Gasteiger partial charge on any atom is 0.126 e. The Balaban J connectivity index is 1.39. The zero-order valence-corrected chi connectivity index (χ0v) is 15.8. The Hall–Kier alpha value is -2.11. The number of likely N-dealkylation sites (tertiary alicyclic amines) is 1. The number of halogens is 1. The van der Waals surface area contributed by atoms with Gasteiger partial charge >= 0.3 is 0 Å². The van der Waals surface area contributed by atoms with E-state index in [2.05, 4.69) is 50.9 Å². The van der Waals surface area contributed by atoms with E-state index in [9.17, 15) is 0 Å². The van der Waals surface area contributed by atoms with Crippen molar-refractivity contribution in [1.29, 1.82) is 0 Å². The number of anilines is 1. The molecule has 3 aromatic rings. The molecule has 0 aromatic carbocycles. The molecule has 0 amide bonds. The van der Waals surface area contributed by atoms with Gasteiger partial charge in [-0.3, -0.25) is 4.90 Å². The largest absolute Gasteiger partial charge is 0.367 e. The molecule has 0 unspecified atom stereocenters. The molecular weight excluding hydrogens is 346 g/mol. The maximum absolute atomic E-state index is 5.92. The van der Waals surface area contributed by atoms with Gasteiger partial charge in [0.1, 0.15) is 11.6 Å². The molecule has 1 N–H and O–H groups in total. The molecule has 0 saturated carbocycles. The number of pyridine rings is 2. The number of fused-ring (bicyclic) bond motifs is 1. The zero-order chi connectivity index (χ0) is 17.9. The highest BCUT2D eigenvalue weighted by Gasteiger charge is 2.19. The van der Waals surface area contributed by atoms with Crippen molar-refractivity contribution in [2.45, 2.75) is 38.8 Å². The number of aromatic nitrogens is 3. The van der Waals surface area contributed by atoms with Crippen LogP contribution < -0.4 is 5.32 Å². The number of rotatable bonds is 4. The third-order valence-corrected chi connectivity index (χ3v) is 5.30. The first-order valence-corrected chi connectivity index (χ1v) is 9.60. The number of hydrogen-bond donors (Lipinski definition) is 1. The van der Waals surface area contributed by atoms with Crippen LogP contribution in [-0.4, -0.2) is 38.4 Å². The molecule has 1 aliphatic rings. The van der Waals surface area contributed by atoms with Gasteiger partial charge in [-0.25, -0.2) is 9.97 Å². The number of hydrogen-bond acceptors (Lipinski definition) is 4. The molecule has 0 bridgehead atoms. The highest BCUT2D eigenvalue weighted by Crippen LogP contribution is 2.20. The monoisotopic (exact) mass is 369 g/mol. The van der Waals surface area contributed by atoms with Gasteiger partial charge in [-0.05, 0) is 57.0 Å². The summed E-state index contributed by atoms with van der Waals surface area (Å²) in [5, 5.41) is 4.22. The Morgan fingerprint density at radius 2 is 2.12 bits per heavy atom. The fourth-order valence-electron chi connectivity index (χ4n) is 3.72. The molecule has 0 aliphatic carbocycles. The lowest BCUT2D eigenvalue weighted by atomic mass is 10.1. The number of nitrogens with zero attached hydrogens (tertiary/aromatic N) is 4. The molecule has 1 fully saturated rings. The molecule has 4 rings (SSSR count). The number of nitrogens with one attached hydrogen (secondary N) is 1. The summed E-state index contributed by atoms with van der Waals surface area (Å²) in [6.07, 6.45) is 7.22. The van der Waals surface area contributed by atoms with Crippen molar-refractivity contribution in [3.8, 4) is 0 Å². The summed E-state index contributed by atoms with van der Waals surface area (Å²) in [4.78, 5) is 11.7. The van der Waals surface area contributed by atoms with Crippen LogP contribution in [0.2, 0.25) is 5.02 Å². The molecule has 136 valence electrons. The predicted molar refractivity (Wildman–Crippen MR) is 106 cm³/mol. The van der Waals surface area contributed by atoms with Crippen molar-refractivity contribution in [1.82, 2.24) is 19.3 Å². The number of imidazole rings is 1. The summed E-state index contributed by atoms with van der Waals surface area (Å²) < 4.78 is 2.17. The minimum Gasteiger partial charge on any atom is -0.367 e. The molecule has 0 spiro atoms. The van der Waals surface area contributed by atoms with Crippen LogP contribution in [0, 0.1) is 6.92 Å². The Morgan fingerprint density at radius 1 is 1.19 bits per heavy atom. The van der Waals surface area contributed by atoms with Crippen LogP contribution in [0.3, 0.4) is 0 Å². The Kier molecular flexibility index (Phi) is 5.09. The SMILES string of the molecule is Cc1nc(CN2CCC[C@H](Nc3ccc(Cl)cn3)CC2)c2ccccn12. The average Bonchev–Trinajstić information content (AvgIpc) is 2.81. The average molecular weight is 370 g/mol. The molecule has 1 atom stereocenters. The van der Waals surface area contributed by atoms with E-state index in [0.717, 1.165) is 44.1 Å². The van der Waals surface area contributed by atoms with Crippen LogP contribution >= 0.6 is 11.6 Å². The van der Waals surface area contributed by atoms with E-state index >= 15 is 0 Å². The van der Waals surface area contributed by atoms with Crippen LogP contribution in [0.5, 0.6) is 0 Å². The van der Waals surface area contributed by atoms with Gasteiger partial charge in [0.05, 0.1) is 16.2 Å². The van der Waals surface area contributed by atoms with Crippen LogP contribution in [-0.2, 0) is 6.54 Å². The third kappa shape index (κ3) is 3.84. The van der Waals surface area contributed by atoms with Gasteiger partial charge in [0.25, 0.3) is 0 Å². The lowest BCUT2D eigenvalue weighted by Gasteiger charge is -2.20. The minimum atomic E-state index is 0.453. The van der Waals surface area contributed by atoms with Crippen LogP contribution in [0.25, 0.3) is 5.52 Å². The van der Waals surface area contributed by atoms with Crippen LogP contribution in [0.15, 0.2) is 42.7 Å². The van der Waals surface area contributed by atoms with E-state index in [1.54, 1.807) is 6.20 Å². The van der Waals surface area contributed by atoms with E-state index < -0.39 is 0 Å². The van der Waals surface area contributed by atoms with Crippen molar-refractivity contribution >= 4 is 22.9 Å². The Morgan fingerprint density at radius 3 is 2.96 bits per heavy atom. The molecule has 0 radical (unpaired) electrons. The summed E-state index contributed by atoms with van der Waals surface area (Å²) in [5.74, 6) is 1.96. The standard InChI is InChI=1S/C20H24ClN5/c1-15-23-18(19-6-2-3-11-26(15)19)14-25-10-4-5-17(9-12-25)24-20-8-7-16(21)13-22-20/h2-3,6-8,11,13,17H,4-5,9-10,12,14H2,1H3,(H,22,24)/t17-/m0/s1. The first-order valence-electron chi connectivity index (χ1n) is 9.22. The second-order valence-electron chi connectivity index (χ2n) is 6.97. The van der Waals surface area contributed by atoms with Crippen molar-refractivity contribution in [2.24, 2.45) is 0 Å². The fourth-order valence-corrected chi connectivity index (χ4v) is 3.84. The highest BCUT2D eigenvalue weighted by molar-refractivity contribution is 6.30. The summed E-state index contributed by atoms with van der Waals surface area (Å²) in [6, 6.07) is 10.6. The van der Waals surface area contributed by atoms with E-state index in [0.29, 0.717) is 11.1 Å². The quantitative estimate of drug-likeness (QED) is 0.750. The number of aryl methyl sites for hydroxylation is 1. The third-order valence-electron chi connectivity index (χ3n) is 5.07. The van der Waals surface area contributed by atoms with E-state index in [1.807, 2.05) is 12.1 Å². The zero-order valence-electron chi connectivity index (χ0n) is 15.0. The highest BCUT2D eigenvalue weighted by atomic mass is 35.5. The lowest BCUT2D eigenvalue weighted by Crippen LogP contribution is -2.26. The van der Waals surface area contributed by atoms with Crippen molar-refractivity contribution in [3.05, 3.63) is 59.3 Å². The maximum atomic E-state index is 5.92. The van der Waals surface area contributed by atoms with Gasteiger partial charge < -0.3 is 9.72 Å². The summed E-state index contributed by atoms with van der Waals surface area (Å²) in [7, 11) is 0. The van der Waals surface area contributed by atoms with E-state index in [1.165, 1.54) is 17.6 Å². The van der Waals surface area contributed by atoms with Crippen molar-refractivity contribution in [2.75, 3.05) is 18.4 Å². The van der Waals surface area contributed by atoms with Gasteiger partial charge in [-0.15, -0.1) is 0 Å². The van der Waals surface area contributed by atoms with Crippen molar-refractivity contribution in [3.63, 3.8) is 0 Å². The van der Waals surface area contributed by atoms with Crippen LogP contribution in [0.4, 0.5) is 5.82 Å². The topological polar surface area (TPSA) is 45.5 Å². The van der Waals surface area contributed by atoms with E-state index in [-0.39, 0.29) is 0 Å². The van der Waals surface area contributed by atoms with E-state index in [4.69, 9.17) is 16.6 Å². The second-order valence-corrected chi connectivity index (χ2v) is 7.41. The molecule has 4 heterocycles. The summed E-state index contributed by atoms with van der Waals surface area (Å²) >= 11 is 5.92. The van der Waals surface area contributed by atoms with Gasteiger partial charge in [0, 0.05) is 31.5 Å². The molecule has 1 saturated heterocycles. The first kappa shape index (κ1) is 17.3.